The zero-order valence-electron chi connectivity index (χ0n) is 18.1. The first-order valence-corrected chi connectivity index (χ1v) is 10.5. The van der Waals surface area contributed by atoms with Gasteiger partial charge in [0, 0.05) is 36.1 Å². The van der Waals surface area contributed by atoms with Crippen molar-refractivity contribution >= 4 is 38.9 Å². The number of nitrogens with two attached hydrogens (primary N) is 1. The fourth-order valence-electron chi connectivity index (χ4n) is 3.97. The minimum atomic E-state index is -0.478. The first kappa shape index (κ1) is 20.7. The molecule has 4 N–H and O–H groups in total. The summed E-state index contributed by atoms with van der Waals surface area (Å²) in [5.41, 5.74) is 9.64. The lowest BCUT2D eigenvalue weighted by molar-refractivity contribution is -0.132. The van der Waals surface area contributed by atoms with Gasteiger partial charge in [0.2, 0.25) is 0 Å². The van der Waals surface area contributed by atoms with E-state index in [0.29, 0.717) is 45.6 Å². The molecule has 2 aromatic carbocycles. The van der Waals surface area contributed by atoms with Gasteiger partial charge in [-0.15, -0.1) is 0 Å². The highest BCUT2D eigenvalue weighted by Crippen LogP contribution is 2.32. The number of rotatable bonds is 6. The Morgan fingerprint density at radius 2 is 1.88 bits per heavy atom. The molecular weight excluding hydrogens is 424 g/mol. The van der Waals surface area contributed by atoms with Gasteiger partial charge in [0.15, 0.2) is 0 Å². The van der Waals surface area contributed by atoms with Crippen LogP contribution in [0.5, 0.6) is 11.8 Å². The molecule has 0 amide bonds. The average molecular weight is 446 g/mol. The lowest BCUT2D eigenvalue weighted by Gasteiger charge is -2.05. The summed E-state index contributed by atoms with van der Waals surface area (Å²) < 4.78 is 12.5. The van der Waals surface area contributed by atoms with Crippen LogP contribution in [-0.4, -0.2) is 44.1 Å². The molecule has 0 fully saturated rings. The fraction of sp³-hybridized carbons (Fsp3) is 0.217. The zero-order chi connectivity index (χ0) is 23.1. The van der Waals surface area contributed by atoms with Crippen molar-refractivity contribution in [1.29, 1.82) is 0 Å². The van der Waals surface area contributed by atoms with Crippen LogP contribution in [-0.2, 0) is 11.3 Å². The third kappa shape index (κ3) is 3.70. The normalized spacial score (nSPS) is 11.5. The van der Waals surface area contributed by atoms with E-state index in [0.717, 1.165) is 23.9 Å². The molecule has 5 rings (SSSR count). The molecule has 0 atom stereocenters. The molecular formula is C23H22N6O4. The predicted molar refractivity (Wildman–Crippen MR) is 124 cm³/mol. The summed E-state index contributed by atoms with van der Waals surface area (Å²) in [6.07, 6.45) is 2.73. The van der Waals surface area contributed by atoms with Crippen LogP contribution in [0, 0.1) is 0 Å². The summed E-state index contributed by atoms with van der Waals surface area (Å²) in [6, 6.07) is 9.30. The van der Waals surface area contributed by atoms with Crippen LogP contribution in [0.25, 0.3) is 44.2 Å². The number of fused-ring (bicyclic) bond motifs is 3. The van der Waals surface area contributed by atoms with Crippen molar-refractivity contribution in [3.05, 3.63) is 46.9 Å². The Morgan fingerprint density at radius 3 is 2.61 bits per heavy atom. The Kier molecular flexibility index (Phi) is 5.06. The van der Waals surface area contributed by atoms with E-state index in [9.17, 15) is 9.59 Å². The highest BCUT2D eigenvalue weighted by Gasteiger charge is 2.17. The van der Waals surface area contributed by atoms with Gasteiger partial charge in [0.25, 0.3) is 5.56 Å². The molecule has 10 heteroatoms. The van der Waals surface area contributed by atoms with Crippen LogP contribution in [0.3, 0.4) is 0 Å². The third-order valence-electron chi connectivity index (χ3n) is 5.46. The van der Waals surface area contributed by atoms with Crippen molar-refractivity contribution in [2.45, 2.75) is 19.9 Å². The maximum atomic E-state index is 13.1. The summed E-state index contributed by atoms with van der Waals surface area (Å²) in [7, 11) is 1.60. The fourth-order valence-corrected chi connectivity index (χ4v) is 3.97. The van der Waals surface area contributed by atoms with Gasteiger partial charge in [-0.2, -0.15) is 4.98 Å². The van der Waals surface area contributed by atoms with Gasteiger partial charge >= 0.3 is 12.0 Å². The van der Waals surface area contributed by atoms with E-state index < -0.39 is 5.97 Å². The zero-order valence-corrected chi connectivity index (χ0v) is 18.1. The SMILES string of the molecule is COc1ccc2c(c1)c(-c1nc3cc4[nH]c(OC(C)=O)nc4cc3[nH]c1=O)cn2CCCN. The van der Waals surface area contributed by atoms with Crippen molar-refractivity contribution in [1.82, 2.24) is 24.5 Å². The van der Waals surface area contributed by atoms with Gasteiger partial charge in [-0.25, -0.2) is 4.98 Å². The second kappa shape index (κ2) is 8.06. The molecule has 0 spiro atoms. The molecule has 33 heavy (non-hydrogen) atoms. The number of carbonyl (C=O) groups is 1. The van der Waals surface area contributed by atoms with Crippen LogP contribution in [0.4, 0.5) is 0 Å². The van der Waals surface area contributed by atoms with E-state index in [4.69, 9.17) is 15.2 Å². The quantitative estimate of drug-likeness (QED) is 0.341. The van der Waals surface area contributed by atoms with E-state index >= 15 is 0 Å². The molecule has 5 aromatic rings. The van der Waals surface area contributed by atoms with E-state index in [1.54, 1.807) is 19.2 Å². The minimum Gasteiger partial charge on any atom is -0.497 e. The molecule has 0 aliphatic carbocycles. The molecule has 0 saturated heterocycles. The Bertz CT molecular complexity index is 1580. The number of nitrogens with one attached hydrogen (secondary N) is 2. The summed E-state index contributed by atoms with van der Waals surface area (Å²) in [6.45, 7) is 2.59. The lowest BCUT2D eigenvalue weighted by Crippen LogP contribution is -2.11. The molecule has 0 aliphatic heterocycles. The maximum absolute atomic E-state index is 13.1. The Labute approximate surface area is 187 Å². The van der Waals surface area contributed by atoms with Crippen molar-refractivity contribution in [3.8, 4) is 23.0 Å². The van der Waals surface area contributed by atoms with Crippen LogP contribution in [0.15, 0.2) is 41.3 Å². The molecule has 10 nitrogen and oxygen atoms in total. The van der Waals surface area contributed by atoms with Crippen LogP contribution >= 0.6 is 0 Å². The molecule has 0 unspecified atom stereocenters. The van der Waals surface area contributed by atoms with Gasteiger partial charge in [-0.3, -0.25) is 9.59 Å². The van der Waals surface area contributed by atoms with E-state index in [2.05, 4.69) is 24.5 Å². The minimum absolute atomic E-state index is 0.0884. The standard InChI is InChI=1S/C23H22N6O4/c1-12(30)33-23-27-18-9-16-17(10-19(18)28-23)26-22(31)21(25-16)15-11-29(7-3-6-24)20-5-4-13(32-2)8-14(15)20/h4-5,8-11H,3,6-7,24H2,1-2H3,(H,26,31)(H,27,28). The first-order valence-electron chi connectivity index (χ1n) is 10.5. The molecule has 0 bridgehead atoms. The highest BCUT2D eigenvalue weighted by atomic mass is 16.5. The topological polar surface area (TPSA) is 141 Å². The second-order valence-corrected chi connectivity index (χ2v) is 7.70. The smallest absolute Gasteiger partial charge is 0.310 e. The number of aromatic amines is 2. The van der Waals surface area contributed by atoms with Crippen molar-refractivity contribution < 1.29 is 14.3 Å². The third-order valence-corrected chi connectivity index (χ3v) is 5.46. The average Bonchev–Trinajstić information content (AvgIpc) is 3.34. The molecule has 3 heterocycles. The van der Waals surface area contributed by atoms with Crippen molar-refractivity contribution in [2.24, 2.45) is 5.73 Å². The van der Waals surface area contributed by atoms with Crippen LogP contribution in [0.2, 0.25) is 0 Å². The Morgan fingerprint density at radius 1 is 1.12 bits per heavy atom. The number of methoxy groups -OCH3 is 1. The maximum Gasteiger partial charge on any atom is 0.310 e. The monoisotopic (exact) mass is 446 g/mol. The number of esters is 1. The number of ether oxygens (including phenoxy) is 2. The summed E-state index contributed by atoms with van der Waals surface area (Å²) >= 11 is 0. The number of nitrogens with zero attached hydrogens (tertiary/aromatic N) is 3. The predicted octanol–water partition coefficient (Wildman–Crippen LogP) is 2.70. The highest BCUT2D eigenvalue weighted by molar-refractivity contribution is 5.98. The molecule has 0 saturated carbocycles. The summed E-state index contributed by atoms with van der Waals surface area (Å²) in [5, 5.41) is 0.864. The summed E-state index contributed by atoms with van der Waals surface area (Å²) in [5.74, 6) is 0.212. The number of benzene rings is 2. The molecule has 168 valence electrons. The number of hydrogen-bond acceptors (Lipinski definition) is 7. The van der Waals surface area contributed by atoms with E-state index in [1.165, 1.54) is 6.92 Å². The number of imidazole rings is 1. The largest absolute Gasteiger partial charge is 0.497 e. The van der Waals surface area contributed by atoms with Crippen LogP contribution < -0.4 is 20.8 Å². The van der Waals surface area contributed by atoms with Gasteiger partial charge in [0.1, 0.15) is 11.4 Å². The number of aryl methyl sites for hydroxylation is 1. The van der Waals surface area contributed by atoms with Gasteiger partial charge < -0.3 is 29.7 Å². The number of H-pyrrole nitrogens is 2. The second-order valence-electron chi connectivity index (χ2n) is 7.70. The molecule has 0 radical (unpaired) electrons. The first-order chi connectivity index (χ1) is 16.0. The van der Waals surface area contributed by atoms with Crippen molar-refractivity contribution in [3.63, 3.8) is 0 Å². The van der Waals surface area contributed by atoms with Crippen molar-refractivity contribution in [2.75, 3.05) is 13.7 Å². The summed E-state index contributed by atoms with van der Waals surface area (Å²) in [4.78, 5) is 39.1. The van der Waals surface area contributed by atoms with E-state index in [-0.39, 0.29) is 11.6 Å². The number of hydrogen-bond donors (Lipinski definition) is 3. The number of aromatic nitrogens is 5. The Hall–Kier alpha value is -4.18. The molecule has 0 aliphatic rings. The van der Waals surface area contributed by atoms with Gasteiger partial charge in [-0.05, 0) is 43.3 Å². The lowest BCUT2D eigenvalue weighted by atomic mass is 10.1. The van der Waals surface area contributed by atoms with E-state index in [1.807, 2.05) is 24.4 Å². The number of carbonyl (C=O) groups excluding carboxylic acids is 1. The molecule has 3 aromatic heterocycles. The van der Waals surface area contributed by atoms with Gasteiger partial charge in [0.05, 0.1) is 29.2 Å². The Balaban J connectivity index is 1.70. The van der Waals surface area contributed by atoms with Gasteiger partial charge in [-0.1, -0.05) is 0 Å². The van der Waals surface area contributed by atoms with Crippen LogP contribution in [0.1, 0.15) is 13.3 Å².